The Hall–Kier alpha value is -2.83. The first kappa shape index (κ1) is 18.9. The summed E-state index contributed by atoms with van der Waals surface area (Å²) in [5.41, 5.74) is 8.35. The highest BCUT2D eigenvalue weighted by molar-refractivity contribution is 5.78. The normalized spacial score (nSPS) is 19.3. The monoisotopic (exact) mass is 368 g/mol. The molecule has 1 saturated heterocycles. The Bertz CT molecular complexity index is 754. The minimum Gasteiger partial charge on any atom is -0.508 e. The van der Waals surface area contributed by atoms with E-state index in [1.54, 1.807) is 29.2 Å². The van der Waals surface area contributed by atoms with Gasteiger partial charge in [0, 0.05) is 5.56 Å². The number of hydrazine groups is 1. The maximum Gasteiger partial charge on any atom is 0.293 e. The van der Waals surface area contributed by atoms with Crippen LogP contribution in [-0.4, -0.2) is 43.7 Å². The maximum atomic E-state index is 12.2. The van der Waals surface area contributed by atoms with Crippen molar-refractivity contribution in [2.45, 2.75) is 6.54 Å². The van der Waals surface area contributed by atoms with Crippen LogP contribution in [0.25, 0.3) is 5.70 Å². The number of benzene rings is 2. The zero-order valence-corrected chi connectivity index (χ0v) is 15.5. The topological polar surface area (TPSA) is 70.2 Å². The molecule has 6 heteroatoms. The highest BCUT2D eigenvalue weighted by Gasteiger charge is 2.24. The summed E-state index contributed by atoms with van der Waals surface area (Å²) >= 11 is 0. The van der Waals surface area contributed by atoms with Gasteiger partial charge in [-0.1, -0.05) is 36.9 Å². The lowest BCUT2D eigenvalue weighted by Crippen LogP contribution is -3.28. The van der Waals surface area contributed by atoms with Crippen molar-refractivity contribution in [1.82, 2.24) is 10.9 Å². The van der Waals surface area contributed by atoms with Gasteiger partial charge in [0.2, 0.25) is 0 Å². The molecule has 0 radical (unpaired) electrons. The minimum absolute atomic E-state index is 0.0450. The second-order valence-corrected chi connectivity index (χ2v) is 7.04. The number of phenols is 1. The lowest BCUT2D eigenvalue weighted by molar-refractivity contribution is -1.02. The molecular formula is C21H28N4O2+2. The van der Waals surface area contributed by atoms with Crippen molar-refractivity contribution in [3.05, 3.63) is 72.3 Å². The Morgan fingerprint density at radius 1 is 0.926 bits per heavy atom. The van der Waals surface area contributed by atoms with Gasteiger partial charge in [-0.15, -0.1) is 0 Å². The molecule has 1 aliphatic heterocycles. The summed E-state index contributed by atoms with van der Waals surface area (Å²) in [4.78, 5) is 15.1. The average molecular weight is 368 g/mol. The standard InChI is InChI=1S/C21H26N4O2/c1-17(19-7-9-20(26)10-8-19)22-23-21(27)16-25-13-11-24(12-14-25)15-18-5-3-2-4-6-18/h2-10,22,26H,1,11-16H2,(H,23,27)/p+2. The van der Waals surface area contributed by atoms with Crippen LogP contribution < -0.4 is 20.7 Å². The third-order valence-electron chi connectivity index (χ3n) is 4.94. The predicted octanol–water partition coefficient (Wildman–Crippen LogP) is -1.03. The van der Waals surface area contributed by atoms with Gasteiger partial charge in [0.25, 0.3) is 5.91 Å². The lowest BCUT2D eigenvalue weighted by atomic mass is 10.2. The summed E-state index contributed by atoms with van der Waals surface area (Å²) in [6.45, 7) is 9.55. The molecule has 0 atom stereocenters. The average Bonchev–Trinajstić information content (AvgIpc) is 2.69. The Morgan fingerprint density at radius 2 is 1.56 bits per heavy atom. The summed E-state index contributed by atoms with van der Waals surface area (Å²) in [6, 6.07) is 17.2. The largest absolute Gasteiger partial charge is 0.508 e. The van der Waals surface area contributed by atoms with Gasteiger partial charge >= 0.3 is 0 Å². The van der Waals surface area contributed by atoms with Crippen LogP contribution in [0, 0.1) is 0 Å². The second-order valence-electron chi connectivity index (χ2n) is 7.04. The molecule has 0 saturated carbocycles. The Balaban J connectivity index is 1.36. The summed E-state index contributed by atoms with van der Waals surface area (Å²) in [5, 5.41) is 9.32. The van der Waals surface area contributed by atoms with Crippen LogP contribution in [0.5, 0.6) is 5.75 Å². The first-order valence-corrected chi connectivity index (χ1v) is 9.34. The quantitative estimate of drug-likeness (QED) is 0.406. The van der Waals surface area contributed by atoms with E-state index in [0.717, 1.165) is 38.3 Å². The number of phenolic OH excluding ortho intramolecular Hbond substituents is 1. The number of aromatic hydroxyl groups is 1. The van der Waals surface area contributed by atoms with Crippen molar-refractivity contribution < 1.29 is 19.7 Å². The van der Waals surface area contributed by atoms with Crippen molar-refractivity contribution in [3.8, 4) is 5.75 Å². The summed E-state index contributed by atoms with van der Waals surface area (Å²) < 4.78 is 0. The Kier molecular flexibility index (Phi) is 6.46. The second kappa shape index (κ2) is 9.21. The molecule has 2 aromatic rings. The van der Waals surface area contributed by atoms with E-state index in [-0.39, 0.29) is 11.7 Å². The van der Waals surface area contributed by atoms with Crippen molar-refractivity contribution in [2.24, 2.45) is 0 Å². The van der Waals surface area contributed by atoms with Crippen LogP contribution in [0.4, 0.5) is 0 Å². The van der Waals surface area contributed by atoms with E-state index >= 15 is 0 Å². The molecular weight excluding hydrogens is 340 g/mol. The van der Waals surface area contributed by atoms with Crippen molar-refractivity contribution in [3.63, 3.8) is 0 Å². The van der Waals surface area contributed by atoms with Crippen LogP contribution in [0.3, 0.4) is 0 Å². The van der Waals surface area contributed by atoms with E-state index in [1.807, 2.05) is 6.07 Å². The van der Waals surface area contributed by atoms with Gasteiger partial charge < -0.3 is 14.9 Å². The first-order chi connectivity index (χ1) is 13.1. The fourth-order valence-corrected chi connectivity index (χ4v) is 3.35. The SMILES string of the molecule is C=C(NNC(=O)C[NH+]1CC[NH+](Cc2ccccc2)CC1)c1ccc(O)cc1. The number of rotatable bonds is 7. The number of hydrogen-bond acceptors (Lipinski definition) is 3. The molecule has 2 aromatic carbocycles. The minimum atomic E-state index is -0.0450. The lowest BCUT2D eigenvalue weighted by Gasteiger charge is -2.29. The van der Waals surface area contributed by atoms with E-state index in [0.29, 0.717) is 12.2 Å². The zero-order chi connectivity index (χ0) is 19.1. The number of piperazine rings is 1. The maximum absolute atomic E-state index is 12.2. The Labute approximate surface area is 160 Å². The Morgan fingerprint density at radius 3 is 2.22 bits per heavy atom. The fraction of sp³-hybridized carbons (Fsp3) is 0.286. The summed E-state index contributed by atoms with van der Waals surface area (Å²) in [5.74, 6) is 0.157. The number of hydrogen-bond donors (Lipinski definition) is 5. The highest BCUT2D eigenvalue weighted by Crippen LogP contribution is 2.13. The highest BCUT2D eigenvalue weighted by atomic mass is 16.3. The van der Waals surface area contributed by atoms with Crippen LogP contribution in [0.15, 0.2) is 61.2 Å². The molecule has 3 rings (SSSR count). The van der Waals surface area contributed by atoms with Crippen LogP contribution in [0.1, 0.15) is 11.1 Å². The van der Waals surface area contributed by atoms with Gasteiger partial charge in [-0.2, -0.15) is 0 Å². The van der Waals surface area contributed by atoms with Crippen molar-refractivity contribution >= 4 is 11.6 Å². The molecule has 0 aliphatic carbocycles. The van der Waals surface area contributed by atoms with E-state index in [1.165, 1.54) is 10.5 Å². The number of quaternary nitrogens is 2. The van der Waals surface area contributed by atoms with Crippen LogP contribution in [0.2, 0.25) is 0 Å². The molecule has 27 heavy (non-hydrogen) atoms. The zero-order valence-electron chi connectivity index (χ0n) is 15.5. The molecule has 1 aliphatic rings. The molecule has 6 nitrogen and oxygen atoms in total. The fourth-order valence-electron chi connectivity index (χ4n) is 3.35. The molecule has 0 spiro atoms. The van der Waals surface area contributed by atoms with Crippen molar-refractivity contribution in [2.75, 3.05) is 32.7 Å². The first-order valence-electron chi connectivity index (χ1n) is 9.34. The molecule has 142 valence electrons. The van der Waals surface area contributed by atoms with Gasteiger partial charge in [0.05, 0.1) is 5.70 Å². The number of carbonyl (C=O) groups excluding carboxylic acids is 1. The van der Waals surface area contributed by atoms with Gasteiger partial charge in [-0.3, -0.25) is 15.6 Å². The van der Waals surface area contributed by atoms with E-state index in [9.17, 15) is 9.90 Å². The number of carbonyl (C=O) groups is 1. The van der Waals surface area contributed by atoms with Crippen LogP contribution in [-0.2, 0) is 11.3 Å². The number of amides is 1. The van der Waals surface area contributed by atoms with Crippen molar-refractivity contribution in [1.29, 1.82) is 0 Å². The van der Waals surface area contributed by atoms with E-state index in [2.05, 4.69) is 41.7 Å². The van der Waals surface area contributed by atoms with Crippen LogP contribution >= 0.6 is 0 Å². The van der Waals surface area contributed by atoms with E-state index in [4.69, 9.17) is 0 Å². The molecule has 0 unspecified atom stereocenters. The molecule has 0 bridgehead atoms. The molecule has 1 heterocycles. The van der Waals surface area contributed by atoms with Gasteiger partial charge in [-0.05, 0) is 29.8 Å². The summed E-state index contributed by atoms with van der Waals surface area (Å²) in [6.07, 6.45) is 0. The summed E-state index contributed by atoms with van der Waals surface area (Å²) in [7, 11) is 0. The molecule has 0 aromatic heterocycles. The van der Waals surface area contributed by atoms with Gasteiger partial charge in [0.15, 0.2) is 6.54 Å². The third-order valence-corrected chi connectivity index (χ3v) is 4.94. The molecule has 5 N–H and O–H groups in total. The van der Waals surface area contributed by atoms with Gasteiger partial charge in [-0.25, -0.2) is 0 Å². The number of nitrogens with one attached hydrogen (secondary N) is 4. The van der Waals surface area contributed by atoms with E-state index < -0.39 is 0 Å². The predicted molar refractivity (Wildman–Crippen MR) is 105 cm³/mol. The van der Waals surface area contributed by atoms with Gasteiger partial charge in [0.1, 0.15) is 38.5 Å². The molecule has 1 amide bonds. The third kappa shape index (κ3) is 5.84. The smallest absolute Gasteiger partial charge is 0.293 e. The molecule has 1 fully saturated rings.